The molecule has 4 heteroatoms. The molecule has 0 atom stereocenters. The fraction of sp³-hybridized carbons (Fsp3) is 0.571. The van der Waals surface area contributed by atoms with Gasteiger partial charge in [-0.2, -0.15) is 0 Å². The number of rotatable bonds is 3. The Bertz CT molecular complexity index is 395. The van der Waals surface area contributed by atoms with Crippen molar-refractivity contribution in [2.24, 2.45) is 0 Å². The Labute approximate surface area is 109 Å². The van der Waals surface area contributed by atoms with E-state index in [1.807, 2.05) is 6.07 Å². The Morgan fingerprint density at radius 1 is 1.22 bits per heavy atom. The summed E-state index contributed by atoms with van der Waals surface area (Å²) in [5.74, 6) is 0. The quantitative estimate of drug-likeness (QED) is 0.787. The van der Waals surface area contributed by atoms with Gasteiger partial charge in [-0.1, -0.05) is 6.07 Å². The summed E-state index contributed by atoms with van der Waals surface area (Å²) < 4.78 is 0. The third kappa shape index (κ3) is 3.15. The van der Waals surface area contributed by atoms with Gasteiger partial charge in [0.2, 0.25) is 0 Å². The monoisotopic (exact) mass is 249 g/mol. The smallest absolute Gasteiger partial charge is 0.0558 e. The van der Waals surface area contributed by atoms with E-state index in [0.29, 0.717) is 0 Å². The summed E-state index contributed by atoms with van der Waals surface area (Å²) in [6, 6.07) is 6.10. The van der Waals surface area contributed by atoms with Crippen molar-refractivity contribution < 1.29 is 5.11 Å². The Kier molecular flexibility index (Phi) is 4.44. The minimum absolute atomic E-state index is 0.247. The van der Waals surface area contributed by atoms with Gasteiger partial charge >= 0.3 is 0 Å². The molecule has 100 valence electrons. The Hall–Kier alpha value is -1.26. The molecule has 0 spiro atoms. The van der Waals surface area contributed by atoms with E-state index < -0.39 is 0 Å². The number of benzene rings is 1. The van der Waals surface area contributed by atoms with Crippen LogP contribution in [0.25, 0.3) is 0 Å². The third-order valence-electron chi connectivity index (χ3n) is 3.58. The van der Waals surface area contributed by atoms with Gasteiger partial charge in [0.25, 0.3) is 0 Å². The summed E-state index contributed by atoms with van der Waals surface area (Å²) in [5, 5.41) is 9.00. The molecule has 4 nitrogen and oxygen atoms in total. The lowest BCUT2D eigenvalue weighted by Gasteiger charge is -2.25. The van der Waals surface area contributed by atoms with Crippen molar-refractivity contribution in [1.82, 2.24) is 4.90 Å². The number of β-amino-alcohol motifs (C(OH)–C–C–N with tert-alkyl or cyclic N) is 1. The standard InChI is InChI=1S/C14H23N3O/c1-12-3-4-13(15)11-14(12)17-6-2-5-16(7-8-17)9-10-18/h3-4,11,18H,2,5-10,15H2,1H3. The molecule has 2 rings (SSSR count). The molecule has 0 aromatic heterocycles. The number of nitrogens with zero attached hydrogens (tertiary/aromatic N) is 2. The molecule has 0 radical (unpaired) electrons. The van der Waals surface area contributed by atoms with E-state index >= 15 is 0 Å². The molecule has 1 heterocycles. The van der Waals surface area contributed by atoms with Gasteiger partial charge in [-0.05, 0) is 37.6 Å². The third-order valence-corrected chi connectivity index (χ3v) is 3.58. The molecule has 1 aromatic carbocycles. The average Bonchev–Trinajstić information content (AvgIpc) is 2.58. The van der Waals surface area contributed by atoms with E-state index in [1.165, 1.54) is 11.3 Å². The van der Waals surface area contributed by atoms with Crippen LogP contribution in [0.15, 0.2) is 18.2 Å². The van der Waals surface area contributed by atoms with Crippen molar-refractivity contribution in [3.05, 3.63) is 23.8 Å². The molecular weight excluding hydrogens is 226 g/mol. The molecule has 1 fully saturated rings. The van der Waals surface area contributed by atoms with Crippen molar-refractivity contribution in [2.75, 3.05) is 50.0 Å². The zero-order valence-corrected chi connectivity index (χ0v) is 11.1. The Balaban J connectivity index is 2.07. The highest BCUT2D eigenvalue weighted by Crippen LogP contribution is 2.23. The van der Waals surface area contributed by atoms with Crippen LogP contribution in [-0.4, -0.2) is 49.3 Å². The SMILES string of the molecule is Cc1ccc(N)cc1N1CCCN(CCO)CC1. The van der Waals surface area contributed by atoms with Gasteiger partial charge in [-0.15, -0.1) is 0 Å². The number of aliphatic hydroxyl groups is 1. The highest BCUT2D eigenvalue weighted by atomic mass is 16.3. The molecule has 0 unspecified atom stereocenters. The lowest BCUT2D eigenvalue weighted by atomic mass is 10.1. The van der Waals surface area contributed by atoms with Gasteiger partial charge in [0.15, 0.2) is 0 Å². The summed E-state index contributed by atoms with van der Waals surface area (Å²) in [6.45, 7) is 7.30. The first-order chi connectivity index (χ1) is 8.70. The average molecular weight is 249 g/mol. The summed E-state index contributed by atoms with van der Waals surface area (Å²) in [4.78, 5) is 4.73. The van der Waals surface area contributed by atoms with Gasteiger partial charge in [-0.3, -0.25) is 4.90 Å². The molecular formula is C14H23N3O. The van der Waals surface area contributed by atoms with Crippen LogP contribution in [0.2, 0.25) is 0 Å². The van der Waals surface area contributed by atoms with Crippen molar-refractivity contribution in [3.8, 4) is 0 Å². The predicted molar refractivity (Wildman–Crippen MR) is 75.9 cm³/mol. The predicted octanol–water partition coefficient (Wildman–Crippen LogP) is 1.08. The largest absolute Gasteiger partial charge is 0.399 e. The fourth-order valence-electron chi connectivity index (χ4n) is 2.54. The van der Waals surface area contributed by atoms with E-state index in [0.717, 1.165) is 44.8 Å². The van der Waals surface area contributed by atoms with Crippen LogP contribution in [0, 0.1) is 6.92 Å². The second-order valence-electron chi connectivity index (χ2n) is 4.95. The molecule has 0 amide bonds. The van der Waals surface area contributed by atoms with Crippen LogP contribution < -0.4 is 10.6 Å². The molecule has 0 bridgehead atoms. The Morgan fingerprint density at radius 2 is 2.06 bits per heavy atom. The molecule has 1 aromatic rings. The maximum Gasteiger partial charge on any atom is 0.0558 e. The highest BCUT2D eigenvalue weighted by Gasteiger charge is 2.16. The number of aryl methyl sites for hydroxylation is 1. The van der Waals surface area contributed by atoms with Crippen LogP contribution in [-0.2, 0) is 0 Å². The minimum Gasteiger partial charge on any atom is -0.399 e. The lowest BCUT2D eigenvalue weighted by Crippen LogP contribution is -2.32. The van der Waals surface area contributed by atoms with Crippen molar-refractivity contribution in [1.29, 1.82) is 0 Å². The van der Waals surface area contributed by atoms with E-state index in [9.17, 15) is 0 Å². The van der Waals surface area contributed by atoms with E-state index in [2.05, 4.69) is 28.9 Å². The van der Waals surface area contributed by atoms with Gasteiger partial charge in [0.1, 0.15) is 0 Å². The lowest BCUT2D eigenvalue weighted by molar-refractivity contribution is 0.204. The van der Waals surface area contributed by atoms with Crippen LogP contribution in [0.3, 0.4) is 0 Å². The molecule has 1 saturated heterocycles. The zero-order chi connectivity index (χ0) is 13.0. The second-order valence-corrected chi connectivity index (χ2v) is 4.95. The summed E-state index contributed by atoms with van der Waals surface area (Å²) in [7, 11) is 0. The fourth-order valence-corrected chi connectivity index (χ4v) is 2.54. The minimum atomic E-state index is 0.247. The van der Waals surface area contributed by atoms with Crippen molar-refractivity contribution in [2.45, 2.75) is 13.3 Å². The van der Waals surface area contributed by atoms with E-state index in [-0.39, 0.29) is 6.61 Å². The summed E-state index contributed by atoms with van der Waals surface area (Å²) in [6.07, 6.45) is 1.13. The van der Waals surface area contributed by atoms with Crippen molar-refractivity contribution in [3.63, 3.8) is 0 Å². The molecule has 3 N–H and O–H groups in total. The van der Waals surface area contributed by atoms with Gasteiger partial charge in [0.05, 0.1) is 6.61 Å². The number of hydrogen-bond acceptors (Lipinski definition) is 4. The van der Waals surface area contributed by atoms with Crippen LogP contribution >= 0.6 is 0 Å². The molecule has 0 aliphatic carbocycles. The number of aliphatic hydroxyl groups excluding tert-OH is 1. The van der Waals surface area contributed by atoms with Crippen LogP contribution in [0.4, 0.5) is 11.4 Å². The van der Waals surface area contributed by atoms with E-state index in [1.54, 1.807) is 0 Å². The number of hydrogen-bond donors (Lipinski definition) is 2. The van der Waals surface area contributed by atoms with Crippen LogP contribution in [0.5, 0.6) is 0 Å². The second kappa shape index (κ2) is 6.07. The first-order valence-corrected chi connectivity index (χ1v) is 6.65. The van der Waals surface area contributed by atoms with Crippen LogP contribution in [0.1, 0.15) is 12.0 Å². The summed E-state index contributed by atoms with van der Waals surface area (Å²) >= 11 is 0. The molecule has 1 aliphatic rings. The molecule has 1 aliphatic heterocycles. The van der Waals surface area contributed by atoms with Gasteiger partial charge < -0.3 is 15.7 Å². The highest BCUT2D eigenvalue weighted by molar-refractivity contribution is 5.60. The molecule has 18 heavy (non-hydrogen) atoms. The first-order valence-electron chi connectivity index (χ1n) is 6.65. The summed E-state index contributed by atoms with van der Waals surface area (Å²) in [5.41, 5.74) is 9.23. The maximum atomic E-state index is 9.00. The van der Waals surface area contributed by atoms with E-state index in [4.69, 9.17) is 10.8 Å². The maximum absolute atomic E-state index is 9.00. The Morgan fingerprint density at radius 3 is 2.83 bits per heavy atom. The number of nitrogens with two attached hydrogens (primary N) is 1. The van der Waals surface area contributed by atoms with Gasteiger partial charge in [0, 0.05) is 37.6 Å². The molecule has 0 saturated carbocycles. The van der Waals surface area contributed by atoms with Gasteiger partial charge in [-0.25, -0.2) is 0 Å². The zero-order valence-electron chi connectivity index (χ0n) is 11.1. The first kappa shape index (κ1) is 13.2. The number of anilines is 2. The normalized spacial score (nSPS) is 17.8. The topological polar surface area (TPSA) is 52.7 Å². The number of nitrogen functional groups attached to an aromatic ring is 1. The van der Waals surface area contributed by atoms with Crippen molar-refractivity contribution >= 4 is 11.4 Å².